The van der Waals surface area contributed by atoms with Crippen LogP contribution in [0.5, 0.6) is 0 Å². The highest BCUT2D eigenvalue weighted by atomic mass is 35.5. The van der Waals surface area contributed by atoms with Crippen LogP contribution < -0.4 is 5.32 Å². The molecule has 9 heteroatoms. The van der Waals surface area contributed by atoms with Gasteiger partial charge in [0.05, 0.1) is 5.25 Å². The summed E-state index contributed by atoms with van der Waals surface area (Å²) in [4.78, 5) is 12.4. The number of nitrogens with zero attached hydrogens (tertiary/aromatic N) is 4. The minimum Gasteiger partial charge on any atom is -0.360 e. The van der Waals surface area contributed by atoms with Gasteiger partial charge >= 0.3 is 0 Å². The van der Waals surface area contributed by atoms with Crippen LogP contribution in [0.15, 0.2) is 40.0 Å². The molecule has 0 radical (unpaired) electrons. The third kappa shape index (κ3) is 4.08. The number of aryl methyl sites for hydroxylation is 1. The van der Waals surface area contributed by atoms with E-state index in [-0.39, 0.29) is 11.2 Å². The standard InChI is InChI=1S/C17H18ClN5O2S/c1-4-23-15(12-5-7-13(18)8-6-12)20-21-17(23)26-11(3)16(24)19-14-9-10(2)25-22-14/h5-9,11H,4H2,1-3H3,(H,19,22,24)/t11-/m1/s1. The van der Waals surface area contributed by atoms with Crippen molar-refractivity contribution in [2.75, 3.05) is 5.32 Å². The lowest BCUT2D eigenvalue weighted by Gasteiger charge is -2.11. The monoisotopic (exact) mass is 391 g/mol. The van der Waals surface area contributed by atoms with Crippen molar-refractivity contribution < 1.29 is 9.32 Å². The van der Waals surface area contributed by atoms with Gasteiger partial charge in [-0.05, 0) is 45.0 Å². The molecule has 0 aliphatic rings. The molecule has 0 fully saturated rings. The summed E-state index contributed by atoms with van der Waals surface area (Å²) < 4.78 is 6.92. The van der Waals surface area contributed by atoms with E-state index in [1.54, 1.807) is 13.0 Å². The summed E-state index contributed by atoms with van der Waals surface area (Å²) in [5.41, 5.74) is 0.922. The molecule has 0 saturated heterocycles. The molecule has 0 aliphatic carbocycles. The molecule has 1 amide bonds. The fraction of sp³-hybridized carbons (Fsp3) is 0.294. The third-order valence-corrected chi connectivity index (χ3v) is 5.00. The predicted octanol–water partition coefficient (Wildman–Crippen LogP) is 4.03. The van der Waals surface area contributed by atoms with Crippen LogP contribution in [0.2, 0.25) is 5.02 Å². The zero-order valence-electron chi connectivity index (χ0n) is 14.6. The van der Waals surface area contributed by atoms with E-state index in [1.807, 2.05) is 42.7 Å². The summed E-state index contributed by atoms with van der Waals surface area (Å²) in [6.07, 6.45) is 0. The van der Waals surface area contributed by atoms with E-state index in [2.05, 4.69) is 20.7 Å². The molecule has 0 bridgehead atoms. The van der Waals surface area contributed by atoms with Crippen LogP contribution in [0.25, 0.3) is 11.4 Å². The molecule has 136 valence electrons. The minimum absolute atomic E-state index is 0.179. The zero-order valence-corrected chi connectivity index (χ0v) is 16.1. The Hall–Kier alpha value is -2.32. The second kappa shape index (κ2) is 7.92. The summed E-state index contributed by atoms with van der Waals surface area (Å²) in [5, 5.41) is 16.0. The van der Waals surface area contributed by atoms with Crippen LogP contribution in [0.4, 0.5) is 5.82 Å². The molecular formula is C17H18ClN5O2S. The van der Waals surface area contributed by atoms with Gasteiger partial charge in [0.25, 0.3) is 0 Å². The lowest BCUT2D eigenvalue weighted by Crippen LogP contribution is -2.23. The summed E-state index contributed by atoms with van der Waals surface area (Å²) in [7, 11) is 0. The topological polar surface area (TPSA) is 85.8 Å². The van der Waals surface area contributed by atoms with Gasteiger partial charge in [0.2, 0.25) is 5.91 Å². The highest BCUT2D eigenvalue weighted by Crippen LogP contribution is 2.28. The Kier molecular flexibility index (Phi) is 5.63. The summed E-state index contributed by atoms with van der Waals surface area (Å²) in [6.45, 7) is 6.27. The third-order valence-electron chi connectivity index (χ3n) is 3.67. The summed E-state index contributed by atoms with van der Waals surface area (Å²) in [5.74, 6) is 1.60. The molecule has 0 saturated carbocycles. The molecule has 1 atom stereocenters. The fourth-order valence-corrected chi connectivity index (χ4v) is 3.38. The van der Waals surface area contributed by atoms with Gasteiger partial charge in [-0.1, -0.05) is 28.5 Å². The first-order chi connectivity index (χ1) is 12.5. The van der Waals surface area contributed by atoms with Gasteiger partial charge in [-0.3, -0.25) is 4.79 Å². The number of rotatable bonds is 6. The first kappa shape index (κ1) is 18.5. The molecule has 0 spiro atoms. The lowest BCUT2D eigenvalue weighted by molar-refractivity contribution is -0.115. The molecule has 3 aromatic rings. The molecule has 3 rings (SSSR count). The van der Waals surface area contributed by atoms with Crippen molar-refractivity contribution in [3.63, 3.8) is 0 Å². The SMILES string of the molecule is CCn1c(S[C@H](C)C(=O)Nc2cc(C)on2)nnc1-c1ccc(Cl)cc1. The van der Waals surface area contributed by atoms with Crippen molar-refractivity contribution in [1.82, 2.24) is 19.9 Å². The number of thioether (sulfide) groups is 1. The first-order valence-electron chi connectivity index (χ1n) is 8.08. The van der Waals surface area contributed by atoms with Gasteiger partial charge in [-0.15, -0.1) is 10.2 Å². The lowest BCUT2D eigenvalue weighted by atomic mass is 10.2. The normalized spacial score (nSPS) is 12.2. The van der Waals surface area contributed by atoms with E-state index in [0.717, 1.165) is 11.4 Å². The number of benzene rings is 1. The second-order valence-electron chi connectivity index (χ2n) is 5.63. The number of hydrogen-bond donors (Lipinski definition) is 1. The van der Waals surface area contributed by atoms with Crippen molar-refractivity contribution in [3.8, 4) is 11.4 Å². The van der Waals surface area contributed by atoms with Crippen LogP contribution in [0.1, 0.15) is 19.6 Å². The number of carbonyl (C=O) groups excluding carboxylic acids is 1. The Labute approximate surface area is 160 Å². The molecule has 26 heavy (non-hydrogen) atoms. The number of anilines is 1. The zero-order chi connectivity index (χ0) is 18.7. The first-order valence-corrected chi connectivity index (χ1v) is 9.33. The molecule has 7 nitrogen and oxygen atoms in total. The number of hydrogen-bond acceptors (Lipinski definition) is 6. The smallest absolute Gasteiger partial charge is 0.238 e. The number of nitrogens with one attached hydrogen (secondary N) is 1. The molecular weight excluding hydrogens is 374 g/mol. The van der Waals surface area contributed by atoms with Gasteiger partial charge < -0.3 is 14.4 Å². The quantitative estimate of drug-likeness (QED) is 0.638. The average Bonchev–Trinajstić information content (AvgIpc) is 3.21. The van der Waals surface area contributed by atoms with E-state index in [4.69, 9.17) is 16.1 Å². The van der Waals surface area contributed by atoms with Gasteiger partial charge in [0.1, 0.15) is 5.76 Å². The number of amides is 1. The summed E-state index contributed by atoms with van der Waals surface area (Å²) in [6, 6.07) is 9.09. The van der Waals surface area contributed by atoms with E-state index >= 15 is 0 Å². The van der Waals surface area contributed by atoms with Gasteiger partial charge in [-0.2, -0.15) is 0 Å². The van der Waals surface area contributed by atoms with Gasteiger partial charge in [0, 0.05) is 23.2 Å². The van der Waals surface area contributed by atoms with Crippen LogP contribution in [0.3, 0.4) is 0 Å². The second-order valence-corrected chi connectivity index (χ2v) is 7.37. The number of carbonyl (C=O) groups is 1. The largest absolute Gasteiger partial charge is 0.360 e. The molecule has 2 heterocycles. The van der Waals surface area contributed by atoms with E-state index in [0.29, 0.717) is 28.3 Å². The predicted molar refractivity (Wildman–Crippen MR) is 101 cm³/mol. The van der Waals surface area contributed by atoms with Crippen molar-refractivity contribution in [2.45, 2.75) is 37.7 Å². The van der Waals surface area contributed by atoms with Gasteiger partial charge in [-0.25, -0.2) is 0 Å². The Morgan fingerprint density at radius 2 is 2.08 bits per heavy atom. The Morgan fingerprint density at radius 3 is 2.69 bits per heavy atom. The van der Waals surface area contributed by atoms with Crippen molar-refractivity contribution in [3.05, 3.63) is 41.1 Å². The van der Waals surface area contributed by atoms with Crippen molar-refractivity contribution in [2.24, 2.45) is 0 Å². The average molecular weight is 392 g/mol. The summed E-state index contributed by atoms with van der Waals surface area (Å²) >= 11 is 7.29. The highest BCUT2D eigenvalue weighted by molar-refractivity contribution is 8.00. The van der Waals surface area contributed by atoms with Crippen LogP contribution in [-0.2, 0) is 11.3 Å². The number of halogens is 1. The molecule has 1 N–H and O–H groups in total. The maximum Gasteiger partial charge on any atom is 0.238 e. The van der Waals surface area contributed by atoms with E-state index in [1.165, 1.54) is 11.8 Å². The molecule has 0 unspecified atom stereocenters. The number of aromatic nitrogens is 4. The van der Waals surface area contributed by atoms with E-state index < -0.39 is 0 Å². The Balaban J connectivity index is 1.75. The van der Waals surface area contributed by atoms with Gasteiger partial charge in [0.15, 0.2) is 16.8 Å². The minimum atomic E-state index is -0.375. The molecule has 2 aromatic heterocycles. The highest BCUT2D eigenvalue weighted by Gasteiger charge is 2.21. The Bertz CT molecular complexity index is 906. The maximum atomic E-state index is 12.4. The van der Waals surface area contributed by atoms with Crippen LogP contribution >= 0.6 is 23.4 Å². The van der Waals surface area contributed by atoms with Crippen molar-refractivity contribution in [1.29, 1.82) is 0 Å². The Morgan fingerprint density at radius 1 is 1.35 bits per heavy atom. The van der Waals surface area contributed by atoms with Crippen LogP contribution in [-0.4, -0.2) is 31.1 Å². The maximum absolute atomic E-state index is 12.4. The molecule has 0 aliphatic heterocycles. The van der Waals surface area contributed by atoms with Crippen molar-refractivity contribution >= 4 is 35.1 Å². The molecule has 1 aromatic carbocycles. The van der Waals surface area contributed by atoms with Crippen LogP contribution in [0, 0.1) is 6.92 Å². The fourth-order valence-electron chi connectivity index (χ4n) is 2.34. The van der Waals surface area contributed by atoms with E-state index in [9.17, 15) is 4.79 Å².